The van der Waals surface area contributed by atoms with E-state index in [9.17, 15) is 9.59 Å². The molecule has 0 aliphatic heterocycles. The molecule has 0 bridgehead atoms. The highest BCUT2D eigenvalue weighted by molar-refractivity contribution is 6.35. The van der Waals surface area contributed by atoms with E-state index in [1.54, 1.807) is 30.5 Å². The summed E-state index contributed by atoms with van der Waals surface area (Å²) in [5.74, 6) is -0.970. The monoisotopic (exact) mass is 263 g/mol. The van der Waals surface area contributed by atoms with Crippen molar-refractivity contribution in [3.05, 3.63) is 41.0 Å². The summed E-state index contributed by atoms with van der Waals surface area (Å²) in [6, 6.07) is 6.62. The van der Waals surface area contributed by atoms with E-state index in [1.165, 1.54) is 0 Å². The van der Waals surface area contributed by atoms with Crippen LogP contribution in [-0.4, -0.2) is 23.3 Å². The first kappa shape index (κ1) is 12.3. The first-order valence-corrected chi connectivity index (χ1v) is 5.56. The van der Waals surface area contributed by atoms with E-state index >= 15 is 0 Å². The SMILES string of the molecule is NC(=O)CNC(=O)c1ccc2c(Cl)ccnc2c1. The van der Waals surface area contributed by atoms with Crippen LogP contribution in [0.15, 0.2) is 30.5 Å². The average molecular weight is 264 g/mol. The van der Waals surface area contributed by atoms with E-state index < -0.39 is 5.91 Å². The van der Waals surface area contributed by atoms with Crippen LogP contribution >= 0.6 is 11.6 Å². The van der Waals surface area contributed by atoms with Crippen LogP contribution in [0.4, 0.5) is 0 Å². The van der Waals surface area contributed by atoms with Crippen LogP contribution in [0.1, 0.15) is 10.4 Å². The summed E-state index contributed by atoms with van der Waals surface area (Å²) in [6.07, 6.45) is 1.57. The third-order valence-corrected chi connectivity index (χ3v) is 2.70. The number of aromatic nitrogens is 1. The lowest BCUT2D eigenvalue weighted by Gasteiger charge is -2.04. The molecular formula is C12H10ClN3O2. The van der Waals surface area contributed by atoms with E-state index in [1.807, 2.05) is 0 Å². The Morgan fingerprint density at radius 2 is 2.11 bits per heavy atom. The van der Waals surface area contributed by atoms with E-state index in [2.05, 4.69) is 10.3 Å². The van der Waals surface area contributed by atoms with Crippen LogP contribution in [0.5, 0.6) is 0 Å². The first-order valence-electron chi connectivity index (χ1n) is 5.18. The van der Waals surface area contributed by atoms with Gasteiger partial charge in [-0.3, -0.25) is 14.6 Å². The van der Waals surface area contributed by atoms with Gasteiger partial charge in [0.15, 0.2) is 0 Å². The Kier molecular flexibility index (Phi) is 3.43. The predicted molar refractivity (Wildman–Crippen MR) is 68.3 cm³/mol. The number of amides is 2. The predicted octanol–water partition coefficient (Wildman–Crippen LogP) is 1.10. The van der Waals surface area contributed by atoms with Crippen molar-refractivity contribution in [2.45, 2.75) is 0 Å². The third kappa shape index (κ3) is 2.57. The summed E-state index contributed by atoms with van der Waals surface area (Å²) in [4.78, 5) is 26.4. The lowest BCUT2D eigenvalue weighted by Crippen LogP contribution is -2.33. The Hall–Kier alpha value is -2.14. The van der Waals surface area contributed by atoms with Crippen LogP contribution in [-0.2, 0) is 4.79 Å². The second kappa shape index (κ2) is 5.01. The molecule has 0 fully saturated rings. The number of carbonyl (C=O) groups is 2. The summed E-state index contributed by atoms with van der Waals surface area (Å²) in [7, 11) is 0. The summed E-state index contributed by atoms with van der Waals surface area (Å²) in [6.45, 7) is -0.195. The molecule has 0 unspecified atom stereocenters. The van der Waals surface area contributed by atoms with Crippen molar-refractivity contribution >= 4 is 34.3 Å². The average Bonchev–Trinajstić information content (AvgIpc) is 2.35. The molecule has 0 aliphatic rings. The number of halogens is 1. The van der Waals surface area contributed by atoms with Gasteiger partial charge in [-0.15, -0.1) is 0 Å². The molecule has 0 saturated carbocycles. The first-order chi connectivity index (χ1) is 8.58. The van der Waals surface area contributed by atoms with Gasteiger partial charge in [0.05, 0.1) is 17.1 Å². The molecule has 1 aromatic heterocycles. The van der Waals surface area contributed by atoms with Gasteiger partial charge in [-0.25, -0.2) is 0 Å². The molecule has 0 spiro atoms. The Morgan fingerprint density at radius 3 is 2.83 bits per heavy atom. The Bertz CT molecular complexity index is 628. The van der Waals surface area contributed by atoms with E-state index in [-0.39, 0.29) is 12.5 Å². The molecule has 1 heterocycles. The number of hydrogen-bond donors (Lipinski definition) is 2. The molecule has 0 saturated heterocycles. The normalized spacial score (nSPS) is 10.3. The number of nitrogens with zero attached hydrogens (tertiary/aromatic N) is 1. The highest BCUT2D eigenvalue weighted by atomic mass is 35.5. The molecule has 6 heteroatoms. The zero-order chi connectivity index (χ0) is 13.1. The molecule has 2 rings (SSSR count). The lowest BCUT2D eigenvalue weighted by atomic mass is 10.1. The molecule has 92 valence electrons. The van der Waals surface area contributed by atoms with E-state index in [0.29, 0.717) is 16.1 Å². The zero-order valence-electron chi connectivity index (χ0n) is 9.31. The molecule has 2 amide bonds. The van der Waals surface area contributed by atoms with Crippen molar-refractivity contribution in [2.75, 3.05) is 6.54 Å². The molecule has 0 aliphatic carbocycles. The number of pyridine rings is 1. The summed E-state index contributed by atoms with van der Waals surface area (Å²) in [5, 5.41) is 3.75. The van der Waals surface area contributed by atoms with Crippen molar-refractivity contribution in [2.24, 2.45) is 5.73 Å². The van der Waals surface area contributed by atoms with Crippen molar-refractivity contribution < 1.29 is 9.59 Å². The van der Waals surface area contributed by atoms with E-state index in [4.69, 9.17) is 17.3 Å². The van der Waals surface area contributed by atoms with Crippen LogP contribution in [0.3, 0.4) is 0 Å². The number of benzene rings is 1. The second-order valence-electron chi connectivity index (χ2n) is 3.67. The van der Waals surface area contributed by atoms with Crippen LogP contribution < -0.4 is 11.1 Å². The number of hydrogen-bond acceptors (Lipinski definition) is 3. The maximum atomic E-state index is 11.7. The number of primary amides is 1. The second-order valence-corrected chi connectivity index (χ2v) is 4.08. The fourth-order valence-corrected chi connectivity index (χ4v) is 1.74. The zero-order valence-corrected chi connectivity index (χ0v) is 10.1. The maximum Gasteiger partial charge on any atom is 0.251 e. The molecule has 0 atom stereocenters. The number of nitrogens with one attached hydrogen (secondary N) is 1. The standard InChI is InChI=1S/C12H10ClN3O2/c13-9-3-4-15-10-5-7(1-2-8(9)10)12(18)16-6-11(14)17/h1-5H,6H2,(H2,14,17)(H,16,18). The molecule has 2 aromatic rings. The molecular weight excluding hydrogens is 254 g/mol. The largest absolute Gasteiger partial charge is 0.368 e. The highest BCUT2D eigenvalue weighted by Gasteiger charge is 2.08. The van der Waals surface area contributed by atoms with Gasteiger partial charge >= 0.3 is 0 Å². The quantitative estimate of drug-likeness (QED) is 0.870. The Morgan fingerprint density at radius 1 is 1.33 bits per heavy atom. The highest BCUT2D eigenvalue weighted by Crippen LogP contribution is 2.22. The molecule has 18 heavy (non-hydrogen) atoms. The summed E-state index contributed by atoms with van der Waals surface area (Å²) < 4.78 is 0. The Labute approximate surface area is 108 Å². The van der Waals surface area contributed by atoms with Crippen LogP contribution in [0, 0.1) is 0 Å². The third-order valence-electron chi connectivity index (χ3n) is 2.37. The number of rotatable bonds is 3. The topological polar surface area (TPSA) is 85.1 Å². The van der Waals surface area contributed by atoms with Crippen molar-refractivity contribution in [3.63, 3.8) is 0 Å². The van der Waals surface area contributed by atoms with Crippen molar-refractivity contribution in [1.82, 2.24) is 10.3 Å². The maximum absolute atomic E-state index is 11.7. The van der Waals surface area contributed by atoms with Gasteiger partial charge in [-0.05, 0) is 18.2 Å². The lowest BCUT2D eigenvalue weighted by molar-refractivity contribution is -0.117. The minimum absolute atomic E-state index is 0.195. The molecule has 5 nitrogen and oxygen atoms in total. The number of nitrogens with two attached hydrogens (primary N) is 1. The van der Waals surface area contributed by atoms with Gasteiger partial charge < -0.3 is 11.1 Å². The molecule has 3 N–H and O–H groups in total. The van der Waals surface area contributed by atoms with E-state index in [0.717, 1.165) is 5.39 Å². The summed E-state index contributed by atoms with van der Waals surface area (Å²) >= 11 is 5.99. The molecule has 1 aromatic carbocycles. The van der Waals surface area contributed by atoms with Gasteiger partial charge in [0.1, 0.15) is 0 Å². The summed E-state index contributed by atoms with van der Waals surface area (Å²) in [5.41, 5.74) is 5.97. The Balaban J connectivity index is 2.30. The van der Waals surface area contributed by atoms with Gasteiger partial charge in [0.25, 0.3) is 5.91 Å². The minimum atomic E-state index is -0.592. The van der Waals surface area contributed by atoms with Gasteiger partial charge in [-0.1, -0.05) is 17.7 Å². The number of fused-ring (bicyclic) bond motifs is 1. The van der Waals surface area contributed by atoms with Crippen LogP contribution in [0.2, 0.25) is 5.02 Å². The van der Waals surface area contributed by atoms with Crippen LogP contribution in [0.25, 0.3) is 10.9 Å². The molecule has 0 radical (unpaired) electrons. The van der Waals surface area contributed by atoms with Gasteiger partial charge in [-0.2, -0.15) is 0 Å². The van der Waals surface area contributed by atoms with Gasteiger partial charge in [0.2, 0.25) is 5.91 Å². The van der Waals surface area contributed by atoms with Gasteiger partial charge in [0, 0.05) is 17.1 Å². The smallest absolute Gasteiger partial charge is 0.251 e. The fraction of sp³-hybridized carbons (Fsp3) is 0.0833. The van der Waals surface area contributed by atoms with Crippen molar-refractivity contribution in [1.29, 1.82) is 0 Å². The fourth-order valence-electron chi connectivity index (χ4n) is 1.52. The minimum Gasteiger partial charge on any atom is -0.368 e. The van der Waals surface area contributed by atoms with Crippen molar-refractivity contribution in [3.8, 4) is 0 Å². The number of carbonyl (C=O) groups excluding carboxylic acids is 2.